The lowest BCUT2D eigenvalue weighted by Crippen LogP contribution is -2.31. The second-order valence-electron chi connectivity index (χ2n) is 7.53. The number of aromatic nitrogens is 2. The van der Waals surface area contributed by atoms with Gasteiger partial charge < -0.3 is 23.7 Å². The molecule has 0 bridgehead atoms. The smallest absolute Gasteiger partial charge is 0.295 e. The molecule has 1 N–H and O–H groups in total. The molecule has 2 aromatic heterocycles. The van der Waals surface area contributed by atoms with E-state index in [1.807, 2.05) is 17.7 Å². The third-order valence-corrected chi connectivity index (χ3v) is 5.33. The van der Waals surface area contributed by atoms with Gasteiger partial charge in [-0.15, -0.1) is 0 Å². The van der Waals surface area contributed by atoms with Gasteiger partial charge in [0.15, 0.2) is 0 Å². The molecule has 1 saturated heterocycles. The number of hydrogen-bond acceptors (Lipinski definition) is 6. The minimum atomic E-state index is -0.788. The zero-order valence-electron chi connectivity index (χ0n) is 17.8. The fourth-order valence-electron chi connectivity index (χ4n) is 3.78. The minimum absolute atomic E-state index is 0.0230. The van der Waals surface area contributed by atoms with Gasteiger partial charge in [-0.25, -0.2) is 4.98 Å². The van der Waals surface area contributed by atoms with E-state index in [2.05, 4.69) is 4.98 Å². The van der Waals surface area contributed by atoms with Crippen molar-refractivity contribution in [1.82, 2.24) is 14.5 Å². The number of carbonyl (C=O) groups is 2. The number of aliphatic hydroxyl groups excluding tert-OH is 1. The summed E-state index contributed by atoms with van der Waals surface area (Å²) in [6, 6.07) is 9.41. The van der Waals surface area contributed by atoms with Crippen LogP contribution >= 0.6 is 0 Å². The molecule has 1 aromatic carbocycles. The zero-order valence-corrected chi connectivity index (χ0v) is 17.8. The first-order valence-corrected chi connectivity index (χ1v) is 10.6. The molecule has 1 atom stereocenters. The lowest BCUT2D eigenvalue weighted by molar-refractivity contribution is -0.140. The van der Waals surface area contributed by atoms with Crippen molar-refractivity contribution < 1.29 is 23.8 Å². The van der Waals surface area contributed by atoms with Crippen molar-refractivity contribution in [2.45, 2.75) is 32.4 Å². The zero-order chi connectivity index (χ0) is 22.5. The quantitative estimate of drug-likeness (QED) is 0.312. The predicted octanol–water partition coefficient (Wildman–Crippen LogP) is 3.78. The largest absolute Gasteiger partial charge is 0.507 e. The lowest BCUT2D eigenvalue weighted by Gasteiger charge is -2.23. The maximum atomic E-state index is 12.9. The highest BCUT2D eigenvalue weighted by molar-refractivity contribution is 6.46. The van der Waals surface area contributed by atoms with Crippen LogP contribution in [-0.2, 0) is 16.1 Å². The molecule has 1 aliphatic heterocycles. The molecule has 3 heterocycles. The Labute approximate surface area is 185 Å². The summed E-state index contributed by atoms with van der Waals surface area (Å²) in [4.78, 5) is 31.3. The maximum absolute atomic E-state index is 12.9. The van der Waals surface area contributed by atoms with Crippen LogP contribution in [0.1, 0.15) is 37.1 Å². The van der Waals surface area contributed by atoms with Gasteiger partial charge in [-0.05, 0) is 49.2 Å². The number of imidazole rings is 1. The van der Waals surface area contributed by atoms with E-state index in [-0.39, 0.29) is 11.3 Å². The van der Waals surface area contributed by atoms with Gasteiger partial charge in [-0.3, -0.25) is 9.59 Å². The van der Waals surface area contributed by atoms with E-state index in [1.165, 1.54) is 11.2 Å². The average molecular weight is 435 g/mol. The summed E-state index contributed by atoms with van der Waals surface area (Å²) in [5.41, 5.74) is 0.455. The van der Waals surface area contributed by atoms with E-state index < -0.39 is 17.7 Å². The molecule has 1 amide bonds. The van der Waals surface area contributed by atoms with E-state index in [9.17, 15) is 14.7 Å². The van der Waals surface area contributed by atoms with E-state index in [4.69, 9.17) is 9.15 Å². The monoisotopic (exact) mass is 435 g/mol. The first kappa shape index (κ1) is 21.4. The molecule has 166 valence electrons. The Bertz CT molecular complexity index is 1090. The number of Topliss-reactive ketones (excluding diaryl/α,β-unsaturated/α-hetero) is 1. The minimum Gasteiger partial charge on any atom is -0.507 e. The number of ether oxygens (including phenoxy) is 1. The van der Waals surface area contributed by atoms with Crippen molar-refractivity contribution in [2.75, 3.05) is 13.2 Å². The van der Waals surface area contributed by atoms with Crippen LogP contribution in [0.2, 0.25) is 0 Å². The molecule has 1 unspecified atom stereocenters. The molecule has 0 radical (unpaired) electrons. The van der Waals surface area contributed by atoms with Crippen molar-refractivity contribution in [3.05, 3.63) is 78.3 Å². The third kappa shape index (κ3) is 4.30. The predicted molar refractivity (Wildman–Crippen MR) is 117 cm³/mol. The number of likely N-dealkylation sites (tertiary alicyclic amines) is 1. The van der Waals surface area contributed by atoms with Crippen LogP contribution in [0.3, 0.4) is 0 Å². The number of hydrogen-bond donors (Lipinski definition) is 1. The van der Waals surface area contributed by atoms with Gasteiger partial charge in [0.1, 0.15) is 23.3 Å². The maximum Gasteiger partial charge on any atom is 0.295 e. The van der Waals surface area contributed by atoms with E-state index in [1.54, 1.807) is 48.9 Å². The van der Waals surface area contributed by atoms with Crippen LogP contribution in [0.25, 0.3) is 5.76 Å². The van der Waals surface area contributed by atoms with Crippen LogP contribution in [0.15, 0.2) is 71.4 Å². The number of amides is 1. The van der Waals surface area contributed by atoms with Gasteiger partial charge in [0, 0.05) is 31.0 Å². The van der Waals surface area contributed by atoms with Crippen molar-refractivity contribution in [3.63, 3.8) is 0 Å². The number of ketones is 1. The summed E-state index contributed by atoms with van der Waals surface area (Å²) < 4.78 is 13.0. The molecule has 8 heteroatoms. The van der Waals surface area contributed by atoms with E-state index >= 15 is 0 Å². The molecule has 1 fully saturated rings. The standard InChI is InChI=1S/C24H25N3O5/c1-2-14-31-18-8-6-17(7-9-18)22(28)20-21(19-5-3-15-32-19)27(24(30)23(20)29)12-4-11-26-13-10-25-16-26/h3,5-10,13,15-16,21,28H,2,4,11-12,14H2,1H3/b22-20+. The number of rotatable bonds is 9. The van der Waals surface area contributed by atoms with E-state index in [0.717, 1.165) is 6.42 Å². The molecular weight excluding hydrogens is 410 g/mol. The molecule has 3 aromatic rings. The van der Waals surface area contributed by atoms with Gasteiger partial charge in [0.2, 0.25) is 0 Å². The Morgan fingerprint density at radius 3 is 2.66 bits per heavy atom. The number of aliphatic hydroxyl groups is 1. The Morgan fingerprint density at radius 1 is 1.19 bits per heavy atom. The first-order chi connectivity index (χ1) is 15.6. The van der Waals surface area contributed by atoms with Gasteiger partial charge in [0.05, 0.1) is 24.8 Å². The Kier molecular flexibility index (Phi) is 6.39. The second kappa shape index (κ2) is 9.55. The molecule has 0 saturated carbocycles. The molecule has 0 spiro atoms. The molecule has 4 rings (SSSR count). The third-order valence-electron chi connectivity index (χ3n) is 5.33. The number of carbonyl (C=O) groups excluding carboxylic acids is 2. The fourth-order valence-corrected chi connectivity index (χ4v) is 3.78. The highest BCUT2D eigenvalue weighted by Gasteiger charge is 2.47. The topological polar surface area (TPSA) is 97.8 Å². The van der Waals surface area contributed by atoms with Gasteiger partial charge in [-0.2, -0.15) is 0 Å². The number of nitrogens with zero attached hydrogens (tertiary/aromatic N) is 3. The van der Waals surface area contributed by atoms with Crippen LogP contribution < -0.4 is 4.74 Å². The Balaban J connectivity index is 1.63. The van der Waals surface area contributed by atoms with Crippen LogP contribution in [-0.4, -0.2) is 44.4 Å². The van der Waals surface area contributed by atoms with Gasteiger partial charge in [-0.1, -0.05) is 6.92 Å². The SMILES string of the molecule is CCCOc1ccc(/C(O)=C2\C(=O)C(=O)N(CCCn3ccnc3)C2c2ccco2)cc1. The Morgan fingerprint density at radius 2 is 2.00 bits per heavy atom. The van der Waals surface area contributed by atoms with Gasteiger partial charge >= 0.3 is 0 Å². The number of benzene rings is 1. The van der Waals surface area contributed by atoms with Crippen LogP contribution in [0, 0.1) is 0 Å². The summed E-state index contributed by atoms with van der Waals surface area (Å²) in [6.07, 6.45) is 8.21. The number of furan rings is 1. The molecule has 32 heavy (non-hydrogen) atoms. The van der Waals surface area contributed by atoms with Crippen molar-refractivity contribution in [3.8, 4) is 5.75 Å². The van der Waals surface area contributed by atoms with Gasteiger partial charge in [0.25, 0.3) is 11.7 Å². The number of aryl methyl sites for hydroxylation is 1. The lowest BCUT2D eigenvalue weighted by atomic mass is 9.99. The second-order valence-corrected chi connectivity index (χ2v) is 7.53. The summed E-state index contributed by atoms with van der Waals surface area (Å²) >= 11 is 0. The average Bonchev–Trinajstić information content (AvgIpc) is 3.56. The highest BCUT2D eigenvalue weighted by Crippen LogP contribution is 2.39. The summed E-state index contributed by atoms with van der Waals surface area (Å²) in [6.45, 7) is 3.58. The van der Waals surface area contributed by atoms with Crippen LogP contribution in [0.5, 0.6) is 5.75 Å². The summed E-state index contributed by atoms with van der Waals surface area (Å²) in [5.74, 6) is -0.509. The summed E-state index contributed by atoms with van der Waals surface area (Å²) in [7, 11) is 0. The summed E-state index contributed by atoms with van der Waals surface area (Å²) in [5, 5.41) is 11.0. The molecule has 0 aliphatic carbocycles. The fraction of sp³-hybridized carbons (Fsp3) is 0.292. The highest BCUT2D eigenvalue weighted by atomic mass is 16.5. The van der Waals surface area contributed by atoms with Crippen molar-refractivity contribution in [2.24, 2.45) is 0 Å². The Hall–Kier alpha value is -3.81. The van der Waals surface area contributed by atoms with Crippen LogP contribution in [0.4, 0.5) is 0 Å². The first-order valence-electron chi connectivity index (χ1n) is 10.6. The molecular formula is C24H25N3O5. The van der Waals surface area contributed by atoms with Crippen molar-refractivity contribution in [1.29, 1.82) is 0 Å². The normalized spacial score (nSPS) is 17.8. The van der Waals surface area contributed by atoms with Crippen molar-refractivity contribution >= 4 is 17.4 Å². The molecule has 8 nitrogen and oxygen atoms in total. The van der Waals surface area contributed by atoms with E-state index in [0.29, 0.717) is 43.2 Å². The molecule has 1 aliphatic rings.